The molecule has 0 amide bonds. The lowest BCUT2D eigenvalue weighted by Crippen LogP contribution is -2.75. The van der Waals surface area contributed by atoms with E-state index < -0.39 is 195 Å². The number of hydrogen-bond donors (Lipinski definition) is 0. The first-order chi connectivity index (χ1) is 38.5. The molecule has 1 aromatic heterocycles. The van der Waals surface area contributed by atoms with E-state index in [-0.39, 0.29) is 24.0 Å². The Balaban J connectivity index is 0.000000309. The Morgan fingerprint density at radius 3 is 0.976 bits per heavy atom. The van der Waals surface area contributed by atoms with Crippen molar-refractivity contribution < 1.29 is 120 Å². The van der Waals surface area contributed by atoms with Crippen LogP contribution in [0.2, 0.25) is 0 Å². The quantitative estimate of drug-likeness (QED) is 0.0625. The number of rotatable bonds is 9. The average Bonchev–Trinajstić information content (AvgIpc) is 1.17. The first-order valence-electron chi connectivity index (χ1n) is 24.4. The van der Waals surface area contributed by atoms with E-state index in [1.54, 1.807) is 0 Å². The van der Waals surface area contributed by atoms with E-state index in [0.29, 0.717) is 11.3 Å². The van der Waals surface area contributed by atoms with E-state index in [1.807, 2.05) is 71.3 Å². The Hall–Kier alpha value is -7.55. The number of benzene rings is 6. The second kappa shape index (κ2) is 22.8. The van der Waals surface area contributed by atoms with Gasteiger partial charge in [0.1, 0.15) is 6.15 Å². The summed E-state index contributed by atoms with van der Waals surface area (Å²) in [5.41, 5.74) is -27.9. The van der Waals surface area contributed by atoms with Crippen LogP contribution in [-0.2, 0) is 56.0 Å². The predicted octanol–water partition coefficient (Wildman–Crippen LogP) is 16.0. The number of pyridine rings is 1. The van der Waals surface area contributed by atoms with Gasteiger partial charge in [-0.05, 0) is 49.2 Å². The first-order valence-corrected chi connectivity index (χ1v) is 24.4. The third-order valence-electron chi connectivity index (χ3n) is 14.0. The van der Waals surface area contributed by atoms with E-state index in [2.05, 4.69) is 0 Å². The first kappa shape index (κ1) is 64.0. The molecule has 0 radical (unpaired) electrons. The van der Waals surface area contributed by atoms with Gasteiger partial charge in [0, 0.05) is 29.0 Å². The van der Waals surface area contributed by atoms with E-state index in [0.717, 1.165) is 36.6 Å². The molecule has 1 fully saturated rings. The highest BCUT2D eigenvalue weighted by Gasteiger charge is 2.47. The summed E-state index contributed by atoms with van der Waals surface area (Å²) in [6.45, 7) is 0.180. The zero-order chi connectivity index (χ0) is 62.6. The van der Waals surface area contributed by atoms with Gasteiger partial charge in [-0.25, -0.2) is 0 Å². The van der Waals surface area contributed by atoms with Gasteiger partial charge in [-0.3, -0.25) is 9.59 Å². The molecule has 7 aromatic rings. The molecular weight excluding hydrogens is 1190 g/mol. The lowest BCUT2D eigenvalue weighted by atomic mass is 9.12. The Labute approximate surface area is 458 Å². The minimum Gasteiger partial charge on any atom is -0.287 e. The van der Waals surface area contributed by atoms with Crippen molar-refractivity contribution in [2.45, 2.75) is 88.1 Å². The minimum atomic E-state index is -6.13. The number of carbonyl (C=O) groups is 2. The SMILES string of the molecule is FC(F)(F)c1cc([B-](c2cc(C(F)(F)F)cc(C(F)(F)F)c2)(c2cc(C(F)(F)F)cc(C(F)(F)F)c2)c2cc(C(F)(F)F)cc(C(F)(F)F)c2)cc(C(F)(F)F)c1.O=C(C[n+]1c(C(=O)C2CCCCC2)ccc2ccccc21)c1ccccc1. The summed E-state index contributed by atoms with van der Waals surface area (Å²) in [6.07, 6.45) is -49.4. The number of nitrogens with zero attached hydrogens (tertiary/aromatic N) is 1. The molecule has 1 aliphatic carbocycles. The van der Waals surface area contributed by atoms with Gasteiger partial charge in [0.15, 0.2) is 0 Å². The summed E-state index contributed by atoms with van der Waals surface area (Å²) in [7, 11) is 0. The molecule has 1 aliphatic rings. The van der Waals surface area contributed by atoms with Crippen LogP contribution in [0.25, 0.3) is 10.9 Å². The number of fused-ring (bicyclic) bond motifs is 1. The number of Topliss-reactive ketones (excluding diaryl/α,β-unsaturated/α-hetero) is 2. The van der Waals surface area contributed by atoms with Crippen LogP contribution in [0.15, 0.2) is 140 Å². The molecule has 84 heavy (non-hydrogen) atoms. The van der Waals surface area contributed by atoms with Crippen molar-refractivity contribution in [3.63, 3.8) is 0 Å². The van der Waals surface area contributed by atoms with Crippen molar-refractivity contribution in [2.24, 2.45) is 5.92 Å². The molecule has 448 valence electrons. The summed E-state index contributed by atoms with van der Waals surface area (Å²) < 4.78 is 343. The summed E-state index contributed by atoms with van der Waals surface area (Å²) in [6, 6.07) is 12.3. The molecule has 28 heteroatoms. The summed E-state index contributed by atoms with van der Waals surface area (Å²) in [4.78, 5) is 26.1. The van der Waals surface area contributed by atoms with Crippen molar-refractivity contribution >= 4 is 50.5 Å². The Morgan fingerprint density at radius 2 is 0.667 bits per heavy atom. The van der Waals surface area contributed by atoms with Crippen molar-refractivity contribution in [1.29, 1.82) is 0 Å². The Morgan fingerprint density at radius 1 is 0.369 bits per heavy atom. The largest absolute Gasteiger partial charge is 0.416 e. The molecule has 0 aliphatic heterocycles. The van der Waals surface area contributed by atoms with E-state index in [4.69, 9.17) is 0 Å². The van der Waals surface area contributed by atoms with Crippen molar-refractivity contribution in [1.82, 2.24) is 0 Å². The predicted molar refractivity (Wildman–Crippen MR) is 256 cm³/mol. The van der Waals surface area contributed by atoms with Crippen LogP contribution in [0.1, 0.15) is 97.5 Å². The van der Waals surface area contributed by atoms with Crippen molar-refractivity contribution in [3.05, 3.63) is 195 Å². The molecule has 1 heterocycles. The van der Waals surface area contributed by atoms with Crippen LogP contribution in [0.5, 0.6) is 0 Å². The molecule has 8 rings (SSSR count). The molecular formula is C56H36BF24NO2. The van der Waals surface area contributed by atoms with Gasteiger partial charge in [-0.2, -0.15) is 132 Å². The van der Waals surface area contributed by atoms with Crippen LogP contribution >= 0.6 is 0 Å². The molecule has 0 N–H and O–H groups in total. The van der Waals surface area contributed by atoms with E-state index >= 15 is 0 Å². The molecule has 0 saturated heterocycles. The molecule has 3 nitrogen and oxygen atoms in total. The number of halogens is 24. The molecule has 1 saturated carbocycles. The Bertz CT molecular complexity index is 3130. The Kier molecular flexibility index (Phi) is 17.4. The van der Waals surface area contributed by atoms with Gasteiger partial charge >= 0.3 is 49.4 Å². The third-order valence-corrected chi connectivity index (χ3v) is 14.0. The topological polar surface area (TPSA) is 38.0 Å². The molecule has 6 aromatic carbocycles. The zero-order valence-corrected chi connectivity index (χ0v) is 42.0. The maximum Gasteiger partial charge on any atom is 0.416 e. The smallest absolute Gasteiger partial charge is 0.287 e. The number of ketones is 2. The standard InChI is InChI=1S/C32H12BF24.C24H24NO2/c34-25(35,36)13-1-14(26(37,38)39)6-21(5-13)33(22-7-15(27(40,41)42)2-16(8-22)28(43,44)45,23-9-17(29(46,47)48)3-18(10-23)30(49,50)51)24-11-19(31(52,53)54)4-20(12-24)32(55,56)57;26-23(19-10-3-1-4-11-19)17-25-21-14-8-7-9-18(21)15-16-22(25)24(27)20-12-5-2-6-13-20/h1-12H;1,3-4,7-11,14-16,20H,2,5-6,12-13,17H2/q-1;+1. The van der Waals surface area contributed by atoms with Gasteiger partial charge in [0.2, 0.25) is 29.3 Å². The summed E-state index contributed by atoms with van der Waals surface area (Å²) >= 11 is 0. The van der Waals surface area contributed by atoms with E-state index in [1.165, 1.54) is 6.42 Å². The second-order valence-corrected chi connectivity index (χ2v) is 19.6. The second-order valence-electron chi connectivity index (χ2n) is 19.6. The lowest BCUT2D eigenvalue weighted by Gasteiger charge is -2.46. The van der Waals surface area contributed by atoms with Gasteiger partial charge in [-0.15, -0.1) is 0 Å². The van der Waals surface area contributed by atoms with Crippen LogP contribution < -0.4 is 26.4 Å². The number of aromatic nitrogens is 1. The fourth-order valence-electron chi connectivity index (χ4n) is 10.2. The molecule has 0 bridgehead atoms. The number of alkyl halides is 24. The van der Waals surface area contributed by atoms with Gasteiger partial charge < -0.3 is 0 Å². The molecule has 0 spiro atoms. The van der Waals surface area contributed by atoms with Crippen molar-refractivity contribution in [2.75, 3.05) is 0 Å². The highest BCUT2D eigenvalue weighted by Crippen LogP contribution is 2.42. The average molecular weight is 1220 g/mol. The van der Waals surface area contributed by atoms with Crippen LogP contribution in [-0.4, -0.2) is 17.7 Å². The lowest BCUT2D eigenvalue weighted by molar-refractivity contribution is -0.659. The molecule has 0 atom stereocenters. The number of para-hydroxylation sites is 1. The molecule has 0 unspecified atom stereocenters. The third kappa shape index (κ3) is 14.2. The van der Waals surface area contributed by atoms with Gasteiger partial charge in [0.05, 0.1) is 44.5 Å². The summed E-state index contributed by atoms with van der Waals surface area (Å²) in [5.74, 6) is 0.286. The van der Waals surface area contributed by atoms with Crippen molar-refractivity contribution in [3.8, 4) is 0 Å². The van der Waals surface area contributed by atoms with Crippen LogP contribution in [0.4, 0.5) is 105 Å². The van der Waals surface area contributed by atoms with Gasteiger partial charge in [-0.1, -0.05) is 110 Å². The maximum absolute atomic E-state index is 14.2. The fraction of sp³-hybridized carbons (Fsp3) is 0.268. The number of hydrogen-bond acceptors (Lipinski definition) is 2. The number of carbonyl (C=O) groups excluding carboxylic acids is 2. The van der Waals surface area contributed by atoms with E-state index in [9.17, 15) is 115 Å². The normalized spacial score (nSPS) is 14.5. The fourth-order valence-corrected chi connectivity index (χ4v) is 10.2. The highest BCUT2D eigenvalue weighted by molar-refractivity contribution is 7.20. The maximum atomic E-state index is 14.2. The minimum absolute atomic E-state index is 0.0228. The van der Waals surface area contributed by atoms with Gasteiger partial charge in [0.25, 0.3) is 0 Å². The summed E-state index contributed by atoms with van der Waals surface area (Å²) in [5, 5.41) is 1.04. The van der Waals surface area contributed by atoms with Crippen LogP contribution in [0, 0.1) is 5.92 Å². The monoisotopic (exact) mass is 1220 g/mol. The highest BCUT2D eigenvalue weighted by atomic mass is 19.4. The van der Waals surface area contributed by atoms with Crippen LogP contribution in [0.3, 0.4) is 0 Å². The zero-order valence-electron chi connectivity index (χ0n) is 42.0.